The summed E-state index contributed by atoms with van der Waals surface area (Å²) in [5, 5.41) is 13.4. The zero-order valence-corrected chi connectivity index (χ0v) is 12.9. The largest absolute Gasteiger partial charge is 0.354 e. The third-order valence-electron chi connectivity index (χ3n) is 4.26. The molecule has 4 heterocycles. The molecule has 1 unspecified atom stereocenters. The van der Waals surface area contributed by atoms with Crippen molar-refractivity contribution in [3.8, 4) is 6.07 Å². The summed E-state index contributed by atoms with van der Waals surface area (Å²) in [7, 11) is 0. The Bertz CT molecular complexity index is 958. The van der Waals surface area contributed by atoms with Gasteiger partial charge in [-0.2, -0.15) is 5.26 Å². The highest BCUT2D eigenvalue weighted by Crippen LogP contribution is 2.31. The lowest BCUT2D eigenvalue weighted by Crippen LogP contribution is -2.37. The highest BCUT2D eigenvalue weighted by Gasteiger charge is 2.26. The van der Waals surface area contributed by atoms with Gasteiger partial charge >= 0.3 is 0 Å². The molecular formula is C16H15N7O. The molecule has 8 heteroatoms. The van der Waals surface area contributed by atoms with Crippen molar-refractivity contribution in [3.63, 3.8) is 0 Å². The predicted molar refractivity (Wildman–Crippen MR) is 88.2 cm³/mol. The van der Waals surface area contributed by atoms with Gasteiger partial charge in [-0.3, -0.25) is 4.79 Å². The minimum atomic E-state index is -0.226. The highest BCUT2D eigenvalue weighted by atomic mass is 16.1. The molecule has 1 aliphatic rings. The molecule has 0 spiro atoms. The lowest BCUT2D eigenvalue weighted by Gasteiger charge is -2.19. The molecule has 1 amide bonds. The Hall–Kier alpha value is -3.21. The molecular weight excluding hydrogens is 306 g/mol. The van der Waals surface area contributed by atoms with E-state index in [1.54, 1.807) is 18.7 Å². The maximum absolute atomic E-state index is 11.6. The van der Waals surface area contributed by atoms with Crippen molar-refractivity contribution in [2.75, 3.05) is 18.0 Å². The molecule has 3 aromatic rings. The number of hydrogen-bond donors (Lipinski definition) is 2. The van der Waals surface area contributed by atoms with Crippen LogP contribution in [0.15, 0.2) is 24.8 Å². The summed E-state index contributed by atoms with van der Waals surface area (Å²) in [5.74, 6) is 0.636. The molecule has 0 bridgehead atoms. The first-order valence-corrected chi connectivity index (χ1v) is 7.74. The number of aromatic amines is 1. The average molecular weight is 321 g/mol. The van der Waals surface area contributed by atoms with Gasteiger partial charge < -0.3 is 15.2 Å². The maximum Gasteiger partial charge on any atom is 0.234 e. The quantitative estimate of drug-likeness (QED) is 0.748. The van der Waals surface area contributed by atoms with Crippen LogP contribution in [0.2, 0.25) is 0 Å². The number of carbonyl (C=O) groups is 1. The van der Waals surface area contributed by atoms with Gasteiger partial charge in [0.2, 0.25) is 5.91 Å². The Morgan fingerprint density at radius 2 is 2.38 bits per heavy atom. The van der Waals surface area contributed by atoms with E-state index >= 15 is 0 Å². The molecule has 0 aromatic carbocycles. The molecule has 8 nitrogen and oxygen atoms in total. The normalized spacial score (nSPS) is 17.3. The third kappa shape index (κ3) is 2.40. The second kappa shape index (κ2) is 5.77. The second-order valence-corrected chi connectivity index (χ2v) is 5.79. The Morgan fingerprint density at radius 1 is 1.46 bits per heavy atom. The van der Waals surface area contributed by atoms with E-state index in [1.165, 1.54) is 0 Å². The molecule has 120 valence electrons. The fourth-order valence-corrected chi connectivity index (χ4v) is 3.20. The number of fused-ring (bicyclic) bond motifs is 3. The van der Waals surface area contributed by atoms with Crippen molar-refractivity contribution < 1.29 is 4.79 Å². The SMILES string of the molecule is N#CCC(=O)NC1CCN(c2nc[nH]c3cnc4nccc4c23)C1. The zero-order valence-electron chi connectivity index (χ0n) is 12.9. The van der Waals surface area contributed by atoms with Crippen molar-refractivity contribution in [1.82, 2.24) is 25.3 Å². The van der Waals surface area contributed by atoms with Crippen molar-refractivity contribution >= 4 is 33.7 Å². The zero-order chi connectivity index (χ0) is 16.5. The number of amides is 1. The van der Waals surface area contributed by atoms with Gasteiger partial charge in [-0.15, -0.1) is 0 Å². The van der Waals surface area contributed by atoms with Crippen molar-refractivity contribution in [1.29, 1.82) is 5.26 Å². The Kier molecular flexibility index (Phi) is 3.46. The monoisotopic (exact) mass is 321 g/mol. The average Bonchev–Trinajstić information content (AvgIpc) is 3.23. The number of nitrogens with zero attached hydrogens (tertiary/aromatic N) is 5. The molecule has 1 atom stereocenters. The van der Waals surface area contributed by atoms with Crippen LogP contribution in [-0.2, 0) is 4.79 Å². The van der Waals surface area contributed by atoms with Crippen LogP contribution >= 0.6 is 0 Å². The van der Waals surface area contributed by atoms with E-state index in [1.807, 2.05) is 12.1 Å². The van der Waals surface area contributed by atoms with Gasteiger partial charge in [-0.25, -0.2) is 15.0 Å². The molecule has 4 rings (SSSR count). The Labute approximate surface area is 137 Å². The van der Waals surface area contributed by atoms with Gasteiger partial charge in [0.25, 0.3) is 0 Å². The number of pyridine rings is 1. The minimum absolute atomic E-state index is 0.0296. The smallest absolute Gasteiger partial charge is 0.234 e. The molecule has 24 heavy (non-hydrogen) atoms. The van der Waals surface area contributed by atoms with Gasteiger partial charge in [0.15, 0.2) is 5.65 Å². The van der Waals surface area contributed by atoms with Crippen LogP contribution in [0.5, 0.6) is 0 Å². The highest BCUT2D eigenvalue weighted by molar-refractivity contribution is 6.08. The van der Waals surface area contributed by atoms with Crippen LogP contribution in [-0.4, -0.2) is 45.0 Å². The maximum atomic E-state index is 11.6. The van der Waals surface area contributed by atoms with E-state index in [0.717, 1.165) is 35.1 Å². The topological polar surface area (TPSA) is 111 Å². The van der Waals surface area contributed by atoms with E-state index in [0.29, 0.717) is 12.2 Å². The predicted octanol–water partition coefficient (Wildman–Crippen LogP) is 1.11. The third-order valence-corrected chi connectivity index (χ3v) is 4.26. The van der Waals surface area contributed by atoms with E-state index in [4.69, 9.17) is 5.26 Å². The fraction of sp³-hybridized carbons (Fsp3) is 0.312. The molecule has 2 N–H and O–H groups in total. The number of nitriles is 1. The number of hydrogen-bond acceptors (Lipinski definition) is 6. The van der Waals surface area contributed by atoms with Crippen molar-refractivity contribution in [2.45, 2.75) is 18.9 Å². The van der Waals surface area contributed by atoms with Gasteiger partial charge in [-0.05, 0) is 12.5 Å². The van der Waals surface area contributed by atoms with Crippen molar-refractivity contribution in [3.05, 3.63) is 24.8 Å². The van der Waals surface area contributed by atoms with Crippen LogP contribution in [0.4, 0.5) is 5.82 Å². The lowest BCUT2D eigenvalue weighted by atomic mass is 10.2. The summed E-state index contributed by atoms with van der Waals surface area (Å²) in [5.41, 5.74) is 1.60. The lowest BCUT2D eigenvalue weighted by molar-refractivity contribution is -0.120. The summed E-state index contributed by atoms with van der Waals surface area (Å²) in [6.07, 6.45) is 5.87. The van der Waals surface area contributed by atoms with Crippen LogP contribution in [0.1, 0.15) is 12.8 Å². The Morgan fingerprint density at radius 3 is 3.25 bits per heavy atom. The first-order valence-electron chi connectivity index (χ1n) is 7.74. The second-order valence-electron chi connectivity index (χ2n) is 5.79. The molecule has 3 aromatic heterocycles. The standard InChI is InChI=1S/C16H15N7O/c17-4-1-13(24)22-10-3-6-23(8-10)16-14-11-2-5-18-15(11)19-7-12(14)20-9-21-16/h2,5,7,9-10H,1,3,6,8H2,(H,20,21)(H,22,24). The van der Waals surface area contributed by atoms with Crippen LogP contribution in [0, 0.1) is 11.3 Å². The molecule has 1 fully saturated rings. The van der Waals surface area contributed by atoms with Gasteiger partial charge in [0.05, 0.1) is 29.5 Å². The minimum Gasteiger partial charge on any atom is -0.354 e. The van der Waals surface area contributed by atoms with Gasteiger partial charge in [0, 0.05) is 30.7 Å². The summed E-state index contributed by atoms with van der Waals surface area (Å²) >= 11 is 0. The van der Waals surface area contributed by atoms with Crippen molar-refractivity contribution in [2.24, 2.45) is 0 Å². The summed E-state index contributed by atoms with van der Waals surface area (Å²) in [6.45, 7) is 1.46. The summed E-state index contributed by atoms with van der Waals surface area (Å²) < 4.78 is 0. The Balaban J connectivity index is 1.67. The molecule has 0 saturated carbocycles. The number of nitrogens with one attached hydrogen (secondary N) is 2. The number of aromatic nitrogens is 4. The van der Waals surface area contributed by atoms with E-state index in [-0.39, 0.29) is 18.4 Å². The van der Waals surface area contributed by atoms with Gasteiger partial charge in [-0.1, -0.05) is 0 Å². The number of carbonyl (C=O) groups excluding carboxylic acids is 1. The molecule has 1 aliphatic heterocycles. The van der Waals surface area contributed by atoms with Gasteiger partial charge in [0.1, 0.15) is 12.2 Å². The number of H-pyrrole nitrogens is 1. The number of anilines is 1. The van der Waals surface area contributed by atoms with Crippen LogP contribution in [0.3, 0.4) is 0 Å². The summed E-state index contributed by atoms with van der Waals surface area (Å²) in [4.78, 5) is 30.0. The first-order chi connectivity index (χ1) is 11.8. The molecule has 0 radical (unpaired) electrons. The molecule has 1 saturated heterocycles. The first kappa shape index (κ1) is 14.4. The van der Waals surface area contributed by atoms with E-state index in [9.17, 15) is 4.79 Å². The fourth-order valence-electron chi connectivity index (χ4n) is 3.20. The van der Waals surface area contributed by atoms with E-state index < -0.39 is 0 Å². The summed E-state index contributed by atoms with van der Waals surface area (Å²) in [6, 6.07) is 3.84. The number of rotatable bonds is 3. The molecule has 0 aliphatic carbocycles. The van der Waals surface area contributed by atoms with E-state index in [2.05, 4.69) is 30.2 Å². The van der Waals surface area contributed by atoms with Crippen LogP contribution in [0.25, 0.3) is 21.9 Å². The van der Waals surface area contributed by atoms with Crippen LogP contribution < -0.4 is 10.2 Å².